The van der Waals surface area contributed by atoms with Gasteiger partial charge in [0.2, 0.25) is 0 Å². The third kappa shape index (κ3) is 5.71. The highest BCUT2D eigenvalue weighted by molar-refractivity contribution is 7.98. The standard InChI is InChI=1S/C22H28N4O3S/c1-16-12-20(26-7-10-28-11-8-26)25-22(24-16)30-15-17-4-2-5-18(13-17)21(27)23-14-19-6-3-9-29-19/h2,4-5,12-13,19H,3,6-11,14-15H2,1H3,(H,23,27). The Morgan fingerprint density at radius 1 is 1.23 bits per heavy atom. The maximum absolute atomic E-state index is 12.5. The number of aryl methyl sites for hydroxylation is 1. The highest BCUT2D eigenvalue weighted by atomic mass is 32.2. The van der Waals surface area contributed by atoms with Crippen molar-refractivity contribution in [3.8, 4) is 0 Å². The van der Waals surface area contributed by atoms with Crippen LogP contribution >= 0.6 is 11.8 Å². The Kier molecular flexibility index (Phi) is 7.20. The summed E-state index contributed by atoms with van der Waals surface area (Å²) in [5.74, 6) is 1.60. The number of morpholine rings is 1. The van der Waals surface area contributed by atoms with Gasteiger partial charge >= 0.3 is 0 Å². The number of rotatable bonds is 7. The van der Waals surface area contributed by atoms with Crippen molar-refractivity contribution >= 4 is 23.5 Å². The van der Waals surface area contributed by atoms with Crippen LogP contribution in [0.3, 0.4) is 0 Å². The number of carbonyl (C=O) groups is 1. The van der Waals surface area contributed by atoms with Crippen molar-refractivity contribution in [2.75, 3.05) is 44.4 Å². The van der Waals surface area contributed by atoms with Crippen LogP contribution in [0.2, 0.25) is 0 Å². The second kappa shape index (κ2) is 10.2. The number of hydrogen-bond acceptors (Lipinski definition) is 7. The van der Waals surface area contributed by atoms with Gasteiger partial charge in [-0.25, -0.2) is 9.97 Å². The average Bonchev–Trinajstić information content (AvgIpc) is 3.30. The van der Waals surface area contributed by atoms with Crippen molar-refractivity contribution in [2.24, 2.45) is 0 Å². The van der Waals surface area contributed by atoms with Crippen molar-refractivity contribution in [1.82, 2.24) is 15.3 Å². The summed E-state index contributed by atoms with van der Waals surface area (Å²) in [7, 11) is 0. The summed E-state index contributed by atoms with van der Waals surface area (Å²) < 4.78 is 11.0. The first kappa shape index (κ1) is 21.1. The van der Waals surface area contributed by atoms with Gasteiger partial charge in [-0.1, -0.05) is 23.9 Å². The molecule has 4 rings (SSSR count). The highest BCUT2D eigenvalue weighted by Gasteiger charge is 2.17. The number of hydrogen-bond donors (Lipinski definition) is 1. The van der Waals surface area contributed by atoms with Gasteiger partial charge in [-0.05, 0) is 37.5 Å². The van der Waals surface area contributed by atoms with Crippen molar-refractivity contribution in [3.05, 3.63) is 47.2 Å². The van der Waals surface area contributed by atoms with Crippen LogP contribution in [0.1, 0.15) is 34.5 Å². The van der Waals surface area contributed by atoms with E-state index in [1.165, 1.54) is 0 Å². The fourth-order valence-electron chi connectivity index (χ4n) is 3.61. The van der Waals surface area contributed by atoms with E-state index in [-0.39, 0.29) is 12.0 Å². The zero-order valence-electron chi connectivity index (χ0n) is 17.3. The molecule has 1 unspecified atom stereocenters. The molecule has 2 fully saturated rings. The topological polar surface area (TPSA) is 76.6 Å². The van der Waals surface area contributed by atoms with Crippen molar-refractivity contribution in [1.29, 1.82) is 0 Å². The quantitative estimate of drug-likeness (QED) is 0.537. The Labute approximate surface area is 181 Å². The minimum atomic E-state index is -0.0567. The second-order valence-corrected chi connectivity index (χ2v) is 8.53. The van der Waals surface area contributed by atoms with Crippen molar-refractivity contribution < 1.29 is 14.3 Å². The van der Waals surface area contributed by atoms with Gasteiger partial charge in [-0.3, -0.25) is 4.79 Å². The summed E-state index contributed by atoms with van der Waals surface area (Å²) in [5.41, 5.74) is 2.70. The first-order chi connectivity index (χ1) is 14.7. The monoisotopic (exact) mass is 428 g/mol. The Bertz CT molecular complexity index is 867. The summed E-state index contributed by atoms with van der Waals surface area (Å²) >= 11 is 1.59. The second-order valence-electron chi connectivity index (χ2n) is 7.58. The van der Waals surface area contributed by atoms with Gasteiger partial charge in [0.25, 0.3) is 5.91 Å². The number of thioether (sulfide) groups is 1. The van der Waals surface area contributed by atoms with Crippen LogP contribution in [0.4, 0.5) is 5.82 Å². The number of amides is 1. The molecular formula is C22H28N4O3S. The molecule has 0 aliphatic carbocycles. The molecule has 1 aromatic carbocycles. The number of anilines is 1. The third-order valence-corrected chi connectivity index (χ3v) is 6.15. The summed E-state index contributed by atoms with van der Waals surface area (Å²) in [4.78, 5) is 24.0. The fraction of sp³-hybridized carbons (Fsp3) is 0.500. The lowest BCUT2D eigenvalue weighted by Gasteiger charge is -2.28. The minimum Gasteiger partial charge on any atom is -0.378 e. The molecule has 2 aromatic rings. The Morgan fingerprint density at radius 2 is 2.10 bits per heavy atom. The Balaban J connectivity index is 1.36. The van der Waals surface area contributed by atoms with E-state index in [4.69, 9.17) is 14.5 Å². The van der Waals surface area contributed by atoms with Crippen LogP contribution < -0.4 is 10.2 Å². The summed E-state index contributed by atoms with van der Waals surface area (Å²) in [6.07, 6.45) is 2.23. The van der Waals surface area contributed by atoms with Crippen LogP contribution in [0.25, 0.3) is 0 Å². The number of nitrogens with zero attached hydrogens (tertiary/aromatic N) is 3. The molecule has 1 aromatic heterocycles. The van der Waals surface area contributed by atoms with E-state index in [1.54, 1.807) is 11.8 Å². The average molecular weight is 429 g/mol. The first-order valence-electron chi connectivity index (χ1n) is 10.5. The van der Waals surface area contributed by atoms with Gasteiger partial charge in [0.1, 0.15) is 5.82 Å². The van der Waals surface area contributed by atoms with E-state index in [0.717, 1.165) is 68.0 Å². The van der Waals surface area contributed by atoms with Gasteiger partial charge in [-0.15, -0.1) is 0 Å². The molecule has 30 heavy (non-hydrogen) atoms. The lowest BCUT2D eigenvalue weighted by molar-refractivity contribution is 0.0857. The molecule has 0 radical (unpaired) electrons. The van der Waals surface area contributed by atoms with Gasteiger partial charge in [-0.2, -0.15) is 0 Å². The largest absolute Gasteiger partial charge is 0.378 e. The van der Waals surface area contributed by atoms with Gasteiger partial charge in [0, 0.05) is 49.3 Å². The lowest BCUT2D eigenvalue weighted by atomic mass is 10.1. The molecule has 3 heterocycles. The van der Waals surface area contributed by atoms with E-state index < -0.39 is 0 Å². The van der Waals surface area contributed by atoms with Gasteiger partial charge in [0.05, 0.1) is 19.3 Å². The molecule has 2 saturated heterocycles. The predicted molar refractivity (Wildman–Crippen MR) is 117 cm³/mol. The van der Waals surface area contributed by atoms with Crippen molar-refractivity contribution in [2.45, 2.75) is 36.8 Å². The molecule has 1 N–H and O–H groups in total. The minimum absolute atomic E-state index is 0.0567. The molecule has 8 heteroatoms. The predicted octanol–water partition coefficient (Wildman–Crippen LogP) is 2.82. The number of benzene rings is 1. The molecule has 1 atom stereocenters. The normalized spacial score (nSPS) is 19.1. The SMILES string of the molecule is Cc1cc(N2CCOCC2)nc(SCc2cccc(C(=O)NCC3CCCO3)c2)n1. The molecule has 7 nitrogen and oxygen atoms in total. The van der Waals surface area contributed by atoms with E-state index in [9.17, 15) is 4.79 Å². The lowest BCUT2D eigenvalue weighted by Crippen LogP contribution is -2.36. The van der Waals surface area contributed by atoms with Crippen LogP contribution in [0.5, 0.6) is 0 Å². The zero-order chi connectivity index (χ0) is 20.8. The van der Waals surface area contributed by atoms with Crippen LogP contribution in [-0.2, 0) is 15.2 Å². The van der Waals surface area contributed by atoms with E-state index in [1.807, 2.05) is 37.3 Å². The van der Waals surface area contributed by atoms with Crippen LogP contribution in [-0.4, -0.2) is 61.4 Å². The fourth-order valence-corrected chi connectivity index (χ4v) is 4.45. The number of aromatic nitrogens is 2. The molecule has 2 aliphatic rings. The van der Waals surface area contributed by atoms with Crippen molar-refractivity contribution in [3.63, 3.8) is 0 Å². The number of nitrogens with one attached hydrogen (secondary N) is 1. The van der Waals surface area contributed by atoms with Crippen LogP contribution in [0, 0.1) is 6.92 Å². The highest BCUT2D eigenvalue weighted by Crippen LogP contribution is 2.24. The van der Waals surface area contributed by atoms with E-state index in [0.29, 0.717) is 17.9 Å². The molecular weight excluding hydrogens is 400 g/mol. The maximum atomic E-state index is 12.5. The summed E-state index contributed by atoms with van der Waals surface area (Å²) in [5, 5.41) is 3.74. The van der Waals surface area contributed by atoms with E-state index in [2.05, 4.69) is 15.2 Å². The number of ether oxygens (including phenoxy) is 2. The molecule has 0 saturated carbocycles. The summed E-state index contributed by atoms with van der Waals surface area (Å²) in [6, 6.07) is 9.76. The number of carbonyl (C=O) groups excluding carboxylic acids is 1. The Hall–Kier alpha value is -2.16. The van der Waals surface area contributed by atoms with Gasteiger partial charge < -0.3 is 19.7 Å². The molecule has 160 valence electrons. The van der Waals surface area contributed by atoms with Crippen LogP contribution in [0.15, 0.2) is 35.5 Å². The zero-order valence-corrected chi connectivity index (χ0v) is 18.1. The first-order valence-corrected chi connectivity index (χ1v) is 11.5. The summed E-state index contributed by atoms with van der Waals surface area (Å²) in [6.45, 7) is 6.52. The molecule has 2 aliphatic heterocycles. The van der Waals surface area contributed by atoms with Gasteiger partial charge in [0.15, 0.2) is 5.16 Å². The molecule has 0 spiro atoms. The maximum Gasteiger partial charge on any atom is 0.251 e. The third-order valence-electron chi connectivity index (χ3n) is 5.23. The smallest absolute Gasteiger partial charge is 0.251 e. The van der Waals surface area contributed by atoms with E-state index >= 15 is 0 Å². The molecule has 1 amide bonds. The molecule has 0 bridgehead atoms. The Morgan fingerprint density at radius 3 is 2.90 bits per heavy atom.